The topological polar surface area (TPSA) is 82.3 Å². The molecule has 1 saturated carbocycles. The molecule has 0 radical (unpaired) electrons. The molecule has 2 rings (SSSR count). The van der Waals surface area contributed by atoms with Gasteiger partial charge in [0.2, 0.25) is 0 Å². The first-order chi connectivity index (χ1) is 6.98. The number of hydrogen-bond acceptors (Lipinski definition) is 4. The molecule has 0 aliphatic heterocycles. The highest BCUT2D eigenvalue weighted by atomic mass is 16.6. The predicted octanol–water partition coefficient (Wildman–Crippen LogP) is 1.89. The lowest BCUT2D eigenvalue weighted by Crippen LogP contribution is -2.05. The SMILES string of the molecule is CC1(C)C(CN)C1c1ccc([N+](=O)[O-])o1. The Balaban J connectivity index is 2.22. The molecule has 1 aromatic rings. The van der Waals surface area contributed by atoms with Crippen LogP contribution >= 0.6 is 0 Å². The molecule has 0 bridgehead atoms. The molecule has 15 heavy (non-hydrogen) atoms. The van der Waals surface area contributed by atoms with E-state index >= 15 is 0 Å². The van der Waals surface area contributed by atoms with Gasteiger partial charge in [-0.15, -0.1) is 0 Å². The van der Waals surface area contributed by atoms with Gasteiger partial charge in [0.05, 0.1) is 6.07 Å². The van der Waals surface area contributed by atoms with Crippen molar-refractivity contribution < 1.29 is 9.34 Å². The van der Waals surface area contributed by atoms with Crippen molar-refractivity contribution in [2.75, 3.05) is 6.54 Å². The first-order valence-corrected chi connectivity index (χ1v) is 4.92. The summed E-state index contributed by atoms with van der Waals surface area (Å²) in [6.07, 6.45) is 0. The standard InChI is InChI=1S/C10H14N2O3/c1-10(2)6(5-11)9(10)7-3-4-8(15-7)12(13)14/h3-4,6,9H,5,11H2,1-2H3. The van der Waals surface area contributed by atoms with E-state index in [0.29, 0.717) is 18.2 Å². The van der Waals surface area contributed by atoms with E-state index in [9.17, 15) is 10.1 Å². The second kappa shape index (κ2) is 3.06. The van der Waals surface area contributed by atoms with Crippen molar-refractivity contribution in [1.29, 1.82) is 0 Å². The average molecular weight is 210 g/mol. The molecule has 5 heteroatoms. The Morgan fingerprint density at radius 2 is 2.27 bits per heavy atom. The molecule has 0 amide bonds. The van der Waals surface area contributed by atoms with Gasteiger partial charge in [-0.3, -0.25) is 10.1 Å². The lowest BCUT2D eigenvalue weighted by molar-refractivity contribution is -0.402. The van der Waals surface area contributed by atoms with Crippen LogP contribution in [0.2, 0.25) is 0 Å². The molecule has 0 spiro atoms. The summed E-state index contributed by atoms with van der Waals surface area (Å²) in [6, 6.07) is 3.08. The predicted molar refractivity (Wildman–Crippen MR) is 54.4 cm³/mol. The minimum atomic E-state index is -0.518. The summed E-state index contributed by atoms with van der Waals surface area (Å²) in [5.74, 6) is 1.07. The molecular weight excluding hydrogens is 196 g/mol. The van der Waals surface area contributed by atoms with Crippen LogP contribution in [0.1, 0.15) is 25.5 Å². The van der Waals surface area contributed by atoms with E-state index in [-0.39, 0.29) is 17.2 Å². The van der Waals surface area contributed by atoms with Crippen molar-refractivity contribution in [2.45, 2.75) is 19.8 Å². The summed E-state index contributed by atoms with van der Waals surface area (Å²) in [6.45, 7) is 4.79. The van der Waals surface area contributed by atoms with Crippen LogP contribution in [0.15, 0.2) is 16.5 Å². The van der Waals surface area contributed by atoms with Gasteiger partial charge in [-0.05, 0) is 23.9 Å². The molecule has 1 aromatic heterocycles. The Morgan fingerprint density at radius 3 is 2.67 bits per heavy atom. The molecule has 2 atom stereocenters. The molecule has 1 aliphatic rings. The Labute approximate surface area is 87.4 Å². The van der Waals surface area contributed by atoms with Crippen LogP contribution in [0.5, 0.6) is 0 Å². The van der Waals surface area contributed by atoms with E-state index in [2.05, 4.69) is 13.8 Å². The van der Waals surface area contributed by atoms with E-state index in [1.54, 1.807) is 6.07 Å². The largest absolute Gasteiger partial charge is 0.433 e. The van der Waals surface area contributed by atoms with Crippen LogP contribution in [0.25, 0.3) is 0 Å². The summed E-state index contributed by atoms with van der Waals surface area (Å²) in [5.41, 5.74) is 5.73. The van der Waals surface area contributed by atoms with Crippen LogP contribution in [-0.2, 0) is 0 Å². The van der Waals surface area contributed by atoms with Crippen molar-refractivity contribution >= 4 is 5.88 Å². The molecule has 82 valence electrons. The van der Waals surface area contributed by atoms with Gasteiger partial charge < -0.3 is 10.2 Å². The fourth-order valence-electron chi connectivity index (χ4n) is 2.36. The summed E-state index contributed by atoms with van der Waals surface area (Å²) in [7, 11) is 0. The number of hydrogen-bond donors (Lipinski definition) is 1. The van der Waals surface area contributed by atoms with Crippen molar-refractivity contribution in [3.63, 3.8) is 0 Å². The number of nitro groups is 1. The highest BCUT2D eigenvalue weighted by Crippen LogP contribution is 2.64. The second-order valence-corrected chi connectivity index (χ2v) is 4.57. The number of nitrogens with two attached hydrogens (primary N) is 1. The van der Waals surface area contributed by atoms with E-state index < -0.39 is 4.92 Å². The minimum absolute atomic E-state index is 0.0977. The van der Waals surface area contributed by atoms with Gasteiger partial charge >= 0.3 is 5.88 Å². The van der Waals surface area contributed by atoms with Gasteiger partial charge in [0.25, 0.3) is 0 Å². The van der Waals surface area contributed by atoms with Crippen molar-refractivity contribution in [3.05, 3.63) is 28.0 Å². The monoisotopic (exact) mass is 210 g/mol. The van der Waals surface area contributed by atoms with E-state index in [1.165, 1.54) is 6.07 Å². The zero-order chi connectivity index (χ0) is 11.2. The average Bonchev–Trinajstić information content (AvgIpc) is 2.58. The zero-order valence-electron chi connectivity index (χ0n) is 8.77. The number of rotatable bonds is 3. The third kappa shape index (κ3) is 1.43. The van der Waals surface area contributed by atoms with Crippen LogP contribution in [0.4, 0.5) is 5.88 Å². The molecule has 0 aromatic carbocycles. The second-order valence-electron chi connectivity index (χ2n) is 4.57. The fraction of sp³-hybridized carbons (Fsp3) is 0.600. The van der Waals surface area contributed by atoms with E-state index in [4.69, 9.17) is 10.2 Å². The fourth-order valence-corrected chi connectivity index (χ4v) is 2.36. The summed E-state index contributed by atoms with van der Waals surface area (Å²) < 4.78 is 5.18. The first-order valence-electron chi connectivity index (χ1n) is 4.92. The Kier molecular flexibility index (Phi) is 2.08. The molecular formula is C10H14N2O3. The van der Waals surface area contributed by atoms with Crippen LogP contribution in [0, 0.1) is 21.4 Å². The summed E-state index contributed by atoms with van der Waals surface area (Å²) in [5, 5.41) is 10.5. The van der Waals surface area contributed by atoms with Crippen LogP contribution in [0.3, 0.4) is 0 Å². The summed E-state index contributed by atoms with van der Waals surface area (Å²) in [4.78, 5) is 9.94. The molecule has 0 saturated heterocycles. The molecule has 1 heterocycles. The maximum absolute atomic E-state index is 10.5. The Morgan fingerprint density at radius 1 is 1.60 bits per heavy atom. The van der Waals surface area contributed by atoms with Gasteiger partial charge in [0.1, 0.15) is 10.7 Å². The molecule has 2 unspecified atom stereocenters. The number of nitrogens with zero attached hydrogens (tertiary/aromatic N) is 1. The van der Waals surface area contributed by atoms with Crippen molar-refractivity contribution in [3.8, 4) is 0 Å². The van der Waals surface area contributed by atoms with E-state index in [0.717, 1.165) is 0 Å². The van der Waals surface area contributed by atoms with Gasteiger partial charge in [0, 0.05) is 5.92 Å². The Hall–Kier alpha value is -1.36. The maximum atomic E-state index is 10.5. The highest BCUT2D eigenvalue weighted by Gasteiger charge is 2.59. The quantitative estimate of drug-likeness (QED) is 0.610. The number of furan rings is 1. The molecule has 1 aliphatic carbocycles. The first kappa shape index (κ1) is 10.2. The third-order valence-electron chi connectivity index (χ3n) is 3.40. The third-order valence-corrected chi connectivity index (χ3v) is 3.40. The molecule has 2 N–H and O–H groups in total. The maximum Gasteiger partial charge on any atom is 0.433 e. The summed E-state index contributed by atoms with van der Waals surface area (Å²) >= 11 is 0. The molecule has 5 nitrogen and oxygen atoms in total. The van der Waals surface area contributed by atoms with E-state index in [1.807, 2.05) is 0 Å². The molecule has 1 fully saturated rings. The van der Waals surface area contributed by atoms with Crippen molar-refractivity contribution in [1.82, 2.24) is 0 Å². The highest BCUT2D eigenvalue weighted by molar-refractivity contribution is 5.29. The van der Waals surface area contributed by atoms with Gasteiger partial charge in [-0.1, -0.05) is 13.8 Å². The smallest absolute Gasteiger partial charge is 0.406 e. The van der Waals surface area contributed by atoms with Crippen molar-refractivity contribution in [2.24, 2.45) is 17.1 Å². The minimum Gasteiger partial charge on any atom is -0.406 e. The van der Waals surface area contributed by atoms with Gasteiger partial charge in [-0.2, -0.15) is 0 Å². The lowest BCUT2D eigenvalue weighted by Gasteiger charge is -1.98. The normalized spacial score (nSPS) is 27.7. The zero-order valence-corrected chi connectivity index (χ0v) is 8.77. The lowest BCUT2D eigenvalue weighted by atomic mass is 10.1. The van der Waals surface area contributed by atoms with Gasteiger partial charge in [-0.25, -0.2) is 0 Å². The van der Waals surface area contributed by atoms with Gasteiger partial charge in [0.15, 0.2) is 0 Å². The Bertz CT molecular complexity index is 397. The van der Waals surface area contributed by atoms with Crippen LogP contribution < -0.4 is 5.73 Å². The van der Waals surface area contributed by atoms with Crippen LogP contribution in [-0.4, -0.2) is 11.5 Å².